The van der Waals surface area contributed by atoms with E-state index in [1.165, 1.54) is 6.07 Å². The summed E-state index contributed by atoms with van der Waals surface area (Å²) in [4.78, 5) is 17.9. The van der Waals surface area contributed by atoms with Crippen LogP contribution in [0.15, 0.2) is 51.9 Å². The number of hydrogen-bond donors (Lipinski definition) is 1. The summed E-state index contributed by atoms with van der Waals surface area (Å²) in [7, 11) is 0. The first-order chi connectivity index (χ1) is 9.24. The van der Waals surface area contributed by atoms with Crippen molar-refractivity contribution >= 4 is 0 Å². The lowest BCUT2D eigenvalue weighted by atomic mass is 10.1. The molecule has 0 saturated heterocycles. The summed E-state index contributed by atoms with van der Waals surface area (Å²) in [6.07, 6.45) is 1.56. The smallest absolute Gasteiger partial charge is 0.258 e. The molecule has 0 atom stereocenters. The number of hydrogen-bond acceptors (Lipinski definition) is 4. The summed E-state index contributed by atoms with van der Waals surface area (Å²) in [6.45, 7) is 1.99. The van der Waals surface area contributed by atoms with Gasteiger partial charge in [-0.25, -0.2) is 0 Å². The predicted octanol–water partition coefficient (Wildman–Crippen LogP) is 2.40. The Balaban J connectivity index is 2.02. The molecule has 3 aromatic rings. The van der Waals surface area contributed by atoms with Crippen LogP contribution in [0.4, 0.5) is 0 Å². The SMILES string of the molecule is Cc1ccccc1-c1nc(-c2ccc(=O)[nH]c2)no1. The van der Waals surface area contributed by atoms with Gasteiger partial charge in [0.25, 0.3) is 5.89 Å². The number of rotatable bonds is 2. The zero-order chi connectivity index (χ0) is 13.2. The summed E-state index contributed by atoms with van der Waals surface area (Å²) in [5.41, 5.74) is 2.53. The molecule has 0 radical (unpaired) electrons. The number of benzene rings is 1. The van der Waals surface area contributed by atoms with Crippen molar-refractivity contribution in [2.24, 2.45) is 0 Å². The van der Waals surface area contributed by atoms with Crippen LogP contribution in [0.2, 0.25) is 0 Å². The van der Waals surface area contributed by atoms with E-state index in [0.717, 1.165) is 11.1 Å². The number of nitrogens with one attached hydrogen (secondary N) is 1. The highest BCUT2D eigenvalue weighted by molar-refractivity contribution is 5.61. The fourth-order valence-electron chi connectivity index (χ4n) is 1.81. The maximum Gasteiger partial charge on any atom is 0.258 e. The van der Waals surface area contributed by atoms with Crippen LogP contribution in [0.25, 0.3) is 22.8 Å². The van der Waals surface area contributed by atoms with Crippen molar-refractivity contribution in [2.75, 3.05) is 0 Å². The van der Waals surface area contributed by atoms with Crippen LogP contribution in [-0.4, -0.2) is 15.1 Å². The molecule has 94 valence electrons. The minimum absolute atomic E-state index is 0.161. The molecule has 1 aromatic carbocycles. The largest absolute Gasteiger partial charge is 0.334 e. The Hall–Kier alpha value is -2.69. The molecule has 0 fully saturated rings. The highest BCUT2D eigenvalue weighted by Crippen LogP contribution is 2.23. The lowest BCUT2D eigenvalue weighted by molar-refractivity contribution is 0.432. The second kappa shape index (κ2) is 4.53. The predicted molar refractivity (Wildman–Crippen MR) is 70.5 cm³/mol. The van der Waals surface area contributed by atoms with Gasteiger partial charge in [0.15, 0.2) is 0 Å². The van der Waals surface area contributed by atoms with Crippen LogP contribution in [0.3, 0.4) is 0 Å². The topological polar surface area (TPSA) is 71.8 Å². The lowest BCUT2D eigenvalue weighted by Crippen LogP contribution is -2.01. The molecule has 5 heteroatoms. The molecule has 0 amide bonds. The van der Waals surface area contributed by atoms with E-state index in [2.05, 4.69) is 15.1 Å². The van der Waals surface area contributed by atoms with E-state index in [9.17, 15) is 4.79 Å². The van der Waals surface area contributed by atoms with Gasteiger partial charge in [-0.1, -0.05) is 23.4 Å². The number of aromatic amines is 1. The molecule has 5 nitrogen and oxygen atoms in total. The Morgan fingerprint density at radius 3 is 2.74 bits per heavy atom. The Labute approximate surface area is 108 Å². The first-order valence-corrected chi connectivity index (χ1v) is 5.83. The van der Waals surface area contributed by atoms with Crippen LogP contribution in [0.5, 0.6) is 0 Å². The number of H-pyrrole nitrogens is 1. The first-order valence-electron chi connectivity index (χ1n) is 5.83. The molecule has 0 saturated carbocycles. The first kappa shape index (κ1) is 11.4. The van der Waals surface area contributed by atoms with Gasteiger partial charge in [0.05, 0.1) is 0 Å². The van der Waals surface area contributed by atoms with Gasteiger partial charge in [0.2, 0.25) is 11.4 Å². The minimum atomic E-state index is -0.161. The van der Waals surface area contributed by atoms with E-state index in [1.807, 2.05) is 31.2 Å². The maximum atomic E-state index is 11.0. The minimum Gasteiger partial charge on any atom is -0.334 e. The van der Waals surface area contributed by atoms with Crippen molar-refractivity contribution in [2.45, 2.75) is 6.92 Å². The molecule has 2 heterocycles. The van der Waals surface area contributed by atoms with E-state index in [4.69, 9.17) is 4.52 Å². The second-order valence-corrected chi connectivity index (χ2v) is 4.18. The van der Waals surface area contributed by atoms with Gasteiger partial charge in [-0.2, -0.15) is 4.98 Å². The molecule has 0 bridgehead atoms. The maximum absolute atomic E-state index is 11.0. The summed E-state index contributed by atoms with van der Waals surface area (Å²) in [6, 6.07) is 10.9. The summed E-state index contributed by atoms with van der Waals surface area (Å²) < 4.78 is 5.26. The average Bonchev–Trinajstić information content (AvgIpc) is 2.89. The highest BCUT2D eigenvalue weighted by atomic mass is 16.5. The zero-order valence-corrected chi connectivity index (χ0v) is 10.3. The molecule has 1 N–H and O–H groups in total. The number of aromatic nitrogens is 3. The quantitative estimate of drug-likeness (QED) is 0.761. The van der Waals surface area contributed by atoms with Crippen molar-refractivity contribution < 1.29 is 4.52 Å². The van der Waals surface area contributed by atoms with E-state index in [-0.39, 0.29) is 5.56 Å². The van der Waals surface area contributed by atoms with E-state index in [1.54, 1.807) is 12.3 Å². The van der Waals surface area contributed by atoms with Gasteiger partial charge < -0.3 is 9.51 Å². The van der Waals surface area contributed by atoms with E-state index >= 15 is 0 Å². The molecule has 0 spiro atoms. The molecular formula is C14H11N3O2. The highest BCUT2D eigenvalue weighted by Gasteiger charge is 2.11. The third-order valence-corrected chi connectivity index (χ3v) is 2.84. The third kappa shape index (κ3) is 2.18. The standard InChI is InChI=1S/C14H11N3O2/c1-9-4-2-3-5-11(9)14-16-13(17-19-14)10-6-7-12(18)15-8-10/h2-8H,1H3,(H,15,18). The zero-order valence-electron chi connectivity index (χ0n) is 10.3. The third-order valence-electron chi connectivity index (χ3n) is 2.84. The molecule has 0 unspecified atom stereocenters. The van der Waals surface area contributed by atoms with Gasteiger partial charge >= 0.3 is 0 Å². The lowest BCUT2D eigenvalue weighted by Gasteiger charge is -1.97. The summed E-state index contributed by atoms with van der Waals surface area (Å²) in [5, 5.41) is 3.93. The van der Waals surface area contributed by atoms with Gasteiger partial charge in [0.1, 0.15) is 0 Å². The number of pyridine rings is 1. The molecule has 3 rings (SSSR count). The van der Waals surface area contributed by atoms with Gasteiger partial charge in [0, 0.05) is 23.4 Å². The summed E-state index contributed by atoms with van der Waals surface area (Å²) >= 11 is 0. The van der Waals surface area contributed by atoms with Crippen LogP contribution in [-0.2, 0) is 0 Å². The molecular weight excluding hydrogens is 242 g/mol. The van der Waals surface area contributed by atoms with Crippen molar-refractivity contribution in [3.05, 3.63) is 58.5 Å². The van der Waals surface area contributed by atoms with Crippen molar-refractivity contribution in [1.82, 2.24) is 15.1 Å². The number of aryl methyl sites for hydroxylation is 1. The van der Waals surface area contributed by atoms with Crippen LogP contribution < -0.4 is 5.56 Å². The van der Waals surface area contributed by atoms with Gasteiger partial charge in [-0.05, 0) is 24.6 Å². The molecule has 19 heavy (non-hydrogen) atoms. The molecule has 0 aliphatic rings. The Morgan fingerprint density at radius 1 is 1.16 bits per heavy atom. The summed E-state index contributed by atoms with van der Waals surface area (Å²) in [5.74, 6) is 0.925. The normalized spacial score (nSPS) is 10.6. The molecule has 2 aromatic heterocycles. The van der Waals surface area contributed by atoms with E-state index < -0.39 is 0 Å². The average molecular weight is 253 g/mol. The fourth-order valence-corrected chi connectivity index (χ4v) is 1.81. The van der Waals surface area contributed by atoms with Crippen molar-refractivity contribution in [3.8, 4) is 22.8 Å². The van der Waals surface area contributed by atoms with Gasteiger partial charge in [-0.15, -0.1) is 0 Å². The van der Waals surface area contributed by atoms with Crippen LogP contribution in [0.1, 0.15) is 5.56 Å². The Bertz CT molecular complexity index is 754. The molecule has 0 aliphatic carbocycles. The van der Waals surface area contributed by atoms with E-state index in [0.29, 0.717) is 17.3 Å². The number of nitrogens with zero attached hydrogens (tertiary/aromatic N) is 2. The monoisotopic (exact) mass is 253 g/mol. The Morgan fingerprint density at radius 2 is 2.00 bits per heavy atom. The Kier molecular flexibility index (Phi) is 2.72. The van der Waals surface area contributed by atoms with Crippen LogP contribution >= 0.6 is 0 Å². The van der Waals surface area contributed by atoms with Crippen LogP contribution in [0, 0.1) is 6.92 Å². The second-order valence-electron chi connectivity index (χ2n) is 4.18. The fraction of sp³-hybridized carbons (Fsp3) is 0.0714. The van der Waals surface area contributed by atoms with Gasteiger partial charge in [-0.3, -0.25) is 4.79 Å². The van der Waals surface area contributed by atoms with Crippen molar-refractivity contribution in [3.63, 3.8) is 0 Å². The molecule has 0 aliphatic heterocycles. The van der Waals surface area contributed by atoms with Crippen molar-refractivity contribution in [1.29, 1.82) is 0 Å².